The highest BCUT2D eigenvalue weighted by molar-refractivity contribution is 7.80. The Bertz CT molecular complexity index is 527. The number of rotatable bonds is 4. The summed E-state index contributed by atoms with van der Waals surface area (Å²) in [4.78, 5) is -0.258. The molecule has 1 fully saturated rings. The first kappa shape index (κ1) is 16.0. The van der Waals surface area contributed by atoms with Crippen LogP contribution in [0.2, 0.25) is 0 Å². The lowest BCUT2D eigenvalue weighted by Gasteiger charge is -2.22. The zero-order chi connectivity index (χ0) is 15.6. The minimum Gasteiger partial charge on any atom is -0.389 e. The predicted molar refractivity (Wildman–Crippen MR) is 79.3 cm³/mol. The van der Waals surface area contributed by atoms with Gasteiger partial charge in [0.1, 0.15) is 4.99 Å². The molecule has 1 aromatic rings. The van der Waals surface area contributed by atoms with Crippen molar-refractivity contribution in [3.05, 3.63) is 29.3 Å². The minimum atomic E-state index is -4.49. The van der Waals surface area contributed by atoms with Crippen molar-refractivity contribution >= 4 is 22.9 Å². The lowest BCUT2D eigenvalue weighted by atomic mass is 9.99. The van der Waals surface area contributed by atoms with Crippen LogP contribution in [0.25, 0.3) is 0 Å². The first-order valence-electron chi connectivity index (χ1n) is 6.64. The first-order valence-corrected chi connectivity index (χ1v) is 7.05. The first-order chi connectivity index (χ1) is 9.79. The van der Waals surface area contributed by atoms with Gasteiger partial charge in [0, 0.05) is 29.8 Å². The van der Waals surface area contributed by atoms with Crippen LogP contribution in [0, 0.1) is 5.92 Å². The van der Waals surface area contributed by atoms with E-state index >= 15 is 0 Å². The van der Waals surface area contributed by atoms with E-state index in [9.17, 15) is 13.2 Å². The molecule has 3 N–H and O–H groups in total. The molecule has 3 nitrogen and oxygen atoms in total. The molecule has 1 heterocycles. The molecule has 116 valence electrons. The fraction of sp³-hybridized carbons (Fsp3) is 0.500. The number of alkyl halides is 3. The van der Waals surface area contributed by atoms with E-state index in [1.807, 2.05) is 6.92 Å². The van der Waals surface area contributed by atoms with Gasteiger partial charge in [-0.15, -0.1) is 0 Å². The van der Waals surface area contributed by atoms with Crippen LogP contribution in [0.3, 0.4) is 0 Å². The van der Waals surface area contributed by atoms with Crippen LogP contribution in [-0.2, 0) is 10.9 Å². The van der Waals surface area contributed by atoms with Crippen LogP contribution in [0.1, 0.15) is 24.5 Å². The summed E-state index contributed by atoms with van der Waals surface area (Å²) < 4.78 is 44.5. The second kappa shape index (κ2) is 6.19. The Morgan fingerprint density at radius 2 is 2.19 bits per heavy atom. The van der Waals surface area contributed by atoms with E-state index in [-0.39, 0.29) is 16.6 Å². The molecule has 1 aliphatic rings. The molecular formula is C14H17F3N2OS. The van der Waals surface area contributed by atoms with Crippen molar-refractivity contribution < 1.29 is 17.9 Å². The van der Waals surface area contributed by atoms with Gasteiger partial charge >= 0.3 is 6.18 Å². The summed E-state index contributed by atoms with van der Waals surface area (Å²) in [7, 11) is 0. The molecule has 2 atom stereocenters. The van der Waals surface area contributed by atoms with Crippen molar-refractivity contribution in [2.24, 2.45) is 11.7 Å². The third kappa shape index (κ3) is 3.85. The zero-order valence-corrected chi connectivity index (χ0v) is 12.4. The lowest BCUT2D eigenvalue weighted by molar-refractivity contribution is -0.137. The summed E-state index contributed by atoms with van der Waals surface area (Å²) in [5, 5.41) is 3.10. The summed E-state index contributed by atoms with van der Waals surface area (Å²) in [6.07, 6.45) is -3.58. The SMILES string of the molecule is CC(Nc1ccc(C(N)=S)c(C(F)(F)F)c1)C1CCOC1. The van der Waals surface area contributed by atoms with Gasteiger partial charge in [-0.25, -0.2) is 0 Å². The number of nitrogens with two attached hydrogens (primary N) is 1. The van der Waals surface area contributed by atoms with Crippen molar-refractivity contribution in [2.45, 2.75) is 25.6 Å². The second-order valence-electron chi connectivity index (χ2n) is 5.18. The zero-order valence-electron chi connectivity index (χ0n) is 11.5. The van der Waals surface area contributed by atoms with E-state index in [2.05, 4.69) is 17.5 Å². The molecule has 0 aromatic heterocycles. The van der Waals surface area contributed by atoms with Crippen LogP contribution in [0.5, 0.6) is 0 Å². The number of halogens is 3. The predicted octanol–water partition coefficient (Wildman–Crippen LogP) is 3.18. The molecule has 21 heavy (non-hydrogen) atoms. The van der Waals surface area contributed by atoms with Gasteiger partial charge in [0.2, 0.25) is 0 Å². The minimum absolute atomic E-state index is 0.0317. The molecule has 0 bridgehead atoms. The maximum absolute atomic E-state index is 13.1. The number of nitrogens with one attached hydrogen (secondary N) is 1. The Kier molecular flexibility index (Phi) is 4.73. The van der Waals surface area contributed by atoms with Crippen molar-refractivity contribution in [2.75, 3.05) is 18.5 Å². The fourth-order valence-electron chi connectivity index (χ4n) is 2.41. The molecule has 1 saturated heterocycles. The normalized spacial score (nSPS) is 20.3. The molecule has 0 aliphatic carbocycles. The molecule has 7 heteroatoms. The van der Waals surface area contributed by atoms with Crippen LogP contribution in [0.4, 0.5) is 18.9 Å². The quantitative estimate of drug-likeness (QED) is 0.837. The van der Waals surface area contributed by atoms with Crippen LogP contribution in [-0.4, -0.2) is 24.2 Å². The summed E-state index contributed by atoms with van der Waals surface area (Å²) in [5.74, 6) is 0.301. The highest BCUT2D eigenvalue weighted by Crippen LogP contribution is 2.34. The molecule has 0 amide bonds. The Labute approximate surface area is 126 Å². The van der Waals surface area contributed by atoms with E-state index in [4.69, 9.17) is 10.5 Å². The summed E-state index contributed by atoms with van der Waals surface area (Å²) in [6, 6.07) is 3.96. The topological polar surface area (TPSA) is 47.3 Å². The van der Waals surface area contributed by atoms with Gasteiger partial charge in [-0.2, -0.15) is 13.2 Å². The maximum atomic E-state index is 13.1. The van der Waals surface area contributed by atoms with Crippen molar-refractivity contribution in [3.63, 3.8) is 0 Å². The smallest absolute Gasteiger partial charge is 0.389 e. The highest BCUT2D eigenvalue weighted by atomic mass is 32.1. The van der Waals surface area contributed by atoms with Gasteiger partial charge in [-0.1, -0.05) is 12.2 Å². The van der Waals surface area contributed by atoms with Crippen LogP contribution in [0.15, 0.2) is 18.2 Å². The van der Waals surface area contributed by atoms with Gasteiger partial charge in [0.15, 0.2) is 0 Å². The number of anilines is 1. The fourth-order valence-corrected chi connectivity index (χ4v) is 2.59. The molecule has 2 rings (SSSR count). The average Bonchev–Trinajstić information content (AvgIpc) is 2.91. The van der Waals surface area contributed by atoms with Crippen molar-refractivity contribution in [3.8, 4) is 0 Å². The maximum Gasteiger partial charge on any atom is 0.417 e. The summed E-state index contributed by atoms with van der Waals surface area (Å²) >= 11 is 4.68. The van der Waals surface area contributed by atoms with Crippen molar-refractivity contribution in [1.29, 1.82) is 0 Å². The molecule has 0 saturated carbocycles. The second-order valence-corrected chi connectivity index (χ2v) is 5.62. The molecule has 0 radical (unpaired) electrons. The Morgan fingerprint density at radius 3 is 2.71 bits per heavy atom. The van der Waals surface area contributed by atoms with E-state index in [0.717, 1.165) is 12.5 Å². The standard InChI is InChI=1S/C14H17F3N2OS/c1-8(9-4-5-20-7-9)19-10-2-3-11(13(18)21)12(6-10)14(15,16)17/h2-3,6,8-9,19H,4-5,7H2,1H3,(H2,18,21). The van der Waals surface area contributed by atoms with Gasteiger partial charge in [-0.05, 0) is 31.5 Å². The monoisotopic (exact) mass is 318 g/mol. The summed E-state index contributed by atoms with van der Waals surface area (Å²) in [6.45, 7) is 3.27. The number of ether oxygens (including phenoxy) is 1. The number of thiocarbonyl (C=S) groups is 1. The van der Waals surface area contributed by atoms with Crippen LogP contribution < -0.4 is 11.1 Å². The average molecular weight is 318 g/mol. The third-order valence-corrected chi connectivity index (χ3v) is 3.88. The Morgan fingerprint density at radius 1 is 1.48 bits per heavy atom. The Hall–Kier alpha value is -1.34. The van der Waals surface area contributed by atoms with E-state index in [0.29, 0.717) is 24.8 Å². The Balaban J connectivity index is 2.23. The molecule has 1 aromatic carbocycles. The van der Waals surface area contributed by atoms with E-state index < -0.39 is 11.7 Å². The largest absolute Gasteiger partial charge is 0.417 e. The van der Waals surface area contributed by atoms with E-state index in [1.165, 1.54) is 6.07 Å². The number of benzene rings is 1. The lowest BCUT2D eigenvalue weighted by Crippen LogP contribution is -2.26. The summed E-state index contributed by atoms with van der Waals surface area (Å²) in [5.41, 5.74) is 4.80. The molecular weight excluding hydrogens is 301 g/mol. The van der Waals surface area contributed by atoms with Gasteiger partial charge < -0.3 is 15.8 Å². The van der Waals surface area contributed by atoms with Gasteiger partial charge in [-0.3, -0.25) is 0 Å². The van der Waals surface area contributed by atoms with Crippen LogP contribution >= 0.6 is 12.2 Å². The third-order valence-electron chi connectivity index (χ3n) is 3.66. The van der Waals surface area contributed by atoms with Crippen molar-refractivity contribution in [1.82, 2.24) is 0 Å². The van der Waals surface area contributed by atoms with E-state index in [1.54, 1.807) is 6.07 Å². The van der Waals surface area contributed by atoms with Gasteiger partial charge in [0.05, 0.1) is 12.2 Å². The highest BCUT2D eigenvalue weighted by Gasteiger charge is 2.34. The molecule has 2 unspecified atom stereocenters. The molecule has 1 aliphatic heterocycles. The van der Waals surface area contributed by atoms with Gasteiger partial charge in [0.25, 0.3) is 0 Å². The number of hydrogen-bond donors (Lipinski definition) is 2. The number of hydrogen-bond acceptors (Lipinski definition) is 3. The molecule has 0 spiro atoms.